The van der Waals surface area contributed by atoms with Crippen molar-refractivity contribution in [3.8, 4) is 5.75 Å². The molecule has 0 saturated carbocycles. The van der Waals surface area contributed by atoms with Crippen LogP contribution in [0.1, 0.15) is 28.3 Å². The average molecular weight is 346 g/mol. The van der Waals surface area contributed by atoms with Crippen LogP contribution in [0.15, 0.2) is 34.1 Å². The highest BCUT2D eigenvalue weighted by Crippen LogP contribution is 2.39. The second-order valence-electron chi connectivity index (χ2n) is 3.95. The first kappa shape index (κ1) is 13.9. The van der Waals surface area contributed by atoms with E-state index in [9.17, 15) is 0 Å². The molecule has 0 aliphatic rings. The maximum Gasteiger partial charge on any atom is 0.120 e. The number of halogens is 2. The van der Waals surface area contributed by atoms with Crippen LogP contribution in [0.5, 0.6) is 5.75 Å². The molecule has 18 heavy (non-hydrogen) atoms. The molecule has 1 aromatic carbocycles. The molecular formula is C14H14BrClOS. The molecule has 0 spiro atoms. The van der Waals surface area contributed by atoms with Gasteiger partial charge in [0.25, 0.3) is 0 Å². The fourth-order valence-electron chi connectivity index (χ4n) is 1.76. The lowest BCUT2D eigenvalue weighted by molar-refractivity contribution is 0.340. The summed E-state index contributed by atoms with van der Waals surface area (Å²) in [4.78, 5) is 1.20. The van der Waals surface area contributed by atoms with Gasteiger partial charge in [0.15, 0.2) is 0 Å². The summed E-state index contributed by atoms with van der Waals surface area (Å²) < 4.78 is 6.45. The Hall–Kier alpha value is -0.510. The Kier molecular flexibility index (Phi) is 4.71. The summed E-state index contributed by atoms with van der Waals surface area (Å²) in [6.07, 6.45) is 0. The number of hydrogen-bond acceptors (Lipinski definition) is 2. The molecule has 0 bridgehead atoms. The topological polar surface area (TPSA) is 9.23 Å². The van der Waals surface area contributed by atoms with Gasteiger partial charge in [-0.1, -0.05) is 22.0 Å². The molecule has 0 saturated heterocycles. The Bertz CT molecular complexity index is 538. The minimum Gasteiger partial charge on any atom is -0.494 e. The molecule has 1 nitrogen and oxygen atoms in total. The number of rotatable bonds is 4. The van der Waals surface area contributed by atoms with Crippen molar-refractivity contribution in [1.82, 2.24) is 0 Å². The third kappa shape index (κ3) is 2.90. The maximum atomic E-state index is 6.55. The molecule has 0 radical (unpaired) electrons. The molecule has 0 aliphatic heterocycles. The summed E-state index contributed by atoms with van der Waals surface area (Å²) in [5.41, 5.74) is 2.31. The molecule has 1 unspecified atom stereocenters. The predicted molar refractivity (Wildman–Crippen MR) is 82.1 cm³/mol. The zero-order valence-corrected chi connectivity index (χ0v) is 13.4. The Balaban J connectivity index is 2.31. The molecule has 4 heteroatoms. The van der Waals surface area contributed by atoms with Gasteiger partial charge in [0.1, 0.15) is 5.75 Å². The van der Waals surface area contributed by atoms with E-state index in [4.69, 9.17) is 16.3 Å². The van der Waals surface area contributed by atoms with E-state index in [0.29, 0.717) is 6.61 Å². The predicted octanol–water partition coefficient (Wildman–Crippen LogP) is 5.55. The van der Waals surface area contributed by atoms with Crippen LogP contribution < -0.4 is 4.74 Å². The van der Waals surface area contributed by atoms with E-state index in [-0.39, 0.29) is 5.38 Å². The first-order valence-electron chi connectivity index (χ1n) is 5.73. The van der Waals surface area contributed by atoms with Crippen molar-refractivity contribution in [2.45, 2.75) is 19.2 Å². The summed E-state index contributed by atoms with van der Waals surface area (Å²) >= 11 is 11.8. The average Bonchev–Trinajstić information content (AvgIpc) is 2.75. The van der Waals surface area contributed by atoms with E-state index in [1.807, 2.05) is 25.1 Å². The van der Waals surface area contributed by atoms with Gasteiger partial charge in [0.2, 0.25) is 0 Å². The number of alkyl halides is 1. The minimum atomic E-state index is -0.116. The fourth-order valence-corrected chi connectivity index (χ4v) is 3.91. The normalized spacial score (nSPS) is 12.4. The molecule has 2 aromatic rings. The van der Waals surface area contributed by atoms with Gasteiger partial charge in [-0.25, -0.2) is 0 Å². The van der Waals surface area contributed by atoms with Gasteiger partial charge in [-0.15, -0.1) is 22.9 Å². The highest BCUT2D eigenvalue weighted by atomic mass is 79.9. The highest BCUT2D eigenvalue weighted by Gasteiger charge is 2.17. The van der Waals surface area contributed by atoms with Gasteiger partial charge >= 0.3 is 0 Å². The van der Waals surface area contributed by atoms with Crippen LogP contribution >= 0.6 is 38.9 Å². The van der Waals surface area contributed by atoms with Gasteiger partial charge < -0.3 is 4.74 Å². The number of aryl methyl sites for hydroxylation is 1. The highest BCUT2D eigenvalue weighted by molar-refractivity contribution is 9.10. The summed E-state index contributed by atoms with van der Waals surface area (Å²) in [5, 5.41) is 1.96. The van der Waals surface area contributed by atoms with Gasteiger partial charge in [0, 0.05) is 9.35 Å². The van der Waals surface area contributed by atoms with Crippen molar-refractivity contribution >= 4 is 38.9 Å². The molecular weight excluding hydrogens is 332 g/mol. The summed E-state index contributed by atoms with van der Waals surface area (Å²) in [6.45, 7) is 4.73. The van der Waals surface area contributed by atoms with Crippen molar-refractivity contribution in [3.63, 3.8) is 0 Å². The summed E-state index contributed by atoms with van der Waals surface area (Å²) in [5.74, 6) is 0.861. The van der Waals surface area contributed by atoms with E-state index in [1.165, 1.54) is 10.4 Å². The van der Waals surface area contributed by atoms with E-state index >= 15 is 0 Å². The number of benzene rings is 1. The smallest absolute Gasteiger partial charge is 0.120 e. The van der Waals surface area contributed by atoms with Crippen molar-refractivity contribution < 1.29 is 4.74 Å². The van der Waals surface area contributed by atoms with E-state index in [1.54, 1.807) is 11.3 Å². The molecule has 0 amide bonds. The number of ether oxygens (including phenoxy) is 1. The van der Waals surface area contributed by atoms with Crippen molar-refractivity contribution in [2.75, 3.05) is 6.61 Å². The van der Waals surface area contributed by atoms with Crippen molar-refractivity contribution in [2.24, 2.45) is 0 Å². The molecule has 1 heterocycles. The zero-order valence-electron chi connectivity index (χ0n) is 10.2. The molecule has 1 aromatic heterocycles. The van der Waals surface area contributed by atoms with Crippen LogP contribution in [-0.4, -0.2) is 6.61 Å². The molecule has 1 atom stereocenters. The second kappa shape index (κ2) is 6.09. The van der Waals surface area contributed by atoms with E-state index < -0.39 is 0 Å². The molecule has 0 aliphatic carbocycles. The van der Waals surface area contributed by atoms with E-state index in [0.717, 1.165) is 15.8 Å². The number of thiophene rings is 1. The Labute approximate surface area is 125 Å². The van der Waals surface area contributed by atoms with Gasteiger partial charge in [0.05, 0.1) is 12.0 Å². The lowest BCUT2D eigenvalue weighted by Gasteiger charge is -2.13. The van der Waals surface area contributed by atoms with Crippen LogP contribution in [0.25, 0.3) is 0 Å². The lowest BCUT2D eigenvalue weighted by Crippen LogP contribution is -1.96. The van der Waals surface area contributed by atoms with Crippen LogP contribution in [0.4, 0.5) is 0 Å². The minimum absolute atomic E-state index is 0.116. The van der Waals surface area contributed by atoms with Crippen LogP contribution in [0, 0.1) is 6.92 Å². The van der Waals surface area contributed by atoms with Crippen molar-refractivity contribution in [3.05, 3.63) is 50.1 Å². The van der Waals surface area contributed by atoms with Gasteiger partial charge in [-0.3, -0.25) is 0 Å². The number of hydrogen-bond donors (Lipinski definition) is 0. The summed E-state index contributed by atoms with van der Waals surface area (Å²) in [6, 6.07) is 8.04. The summed E-state index contributed by atoms with van der Waals surface area (Å²) in [7, 11) is 0. The van der Waals surface area contributed by atoms with Crippen LogP contribution in [0.3, 0.4) is 0 Å². The molecule has 0 fully saturated rings. The van der Waals surface area contributed by atoms with Crippen LogP contribution in [0.2, 0.25) is 0 Å². The fraction of sp³-hybridized carbons (Fsp3) is 0.286. The Morgan fingerprint density at radius 2 is 2.17 bits per heavy atom. The lowest BCUT2D eigenvalue weighted by atomic mass is 10.1. The third-order valence-corrected chi connectivity index (χ3v) is 5.04. The van der Waals surface area contributed by atoms with E-state index in [2.05, 4.69) is 34.3 Å². The van der Waals surface area contributed by atoms with Crippen molar-refractivity contribution in [1.29, 1.82) is 0 Å². The van der Waals surface area contributed by atoms with Gasteiger partial charge in [-0.2, -0.15) is 0 Å². The molecule has 2 rings (SSSR count). The maximum absolute atomic E-state index is 6.55. The third-order valence-electron chi connectivity index (χ3n) is 2.69. The zero-order chi connectivity index (χ0) is 13.1. The Morgan fingerprint density at radius 1 is 1.39 bits per heavy atom. The standard InChI is InChI=1S/C14H14BrClOS/c1-3-17-10-4-5-11(12(15)8-10)13(16)14-9(2)6-7-18-14/h4-8,13H,3H2,1-2H3. The molecule has 0 N–H and O–H groups in total. The largest absolute Gasteiger partial charge is 0.494 e. The monoisotopic (exact) mass is 344 g/mol. The first-order chi connectivity index (χ1) is 8.63. The van der Waals surface area contributed by atoms with Crippen LogP contribution in [-0.2, 0) is 0 Å². The second-order valence-corrected chi connectivity index (χ2v) is 6.19. The quantitative estimate of drug-likeness (QED) is 0.660. The van der Waals surface area contributed by atoms with Gasteiger partial charge in [-0.05, 0) is 48.6 Å². The Morgan fingerprint density at radius 3 is 2.72 bits per heavy atom. The first-order valence-corrected chi connectivity index (χ1v) is 7.84. The SMILES string of the molecule is CCOc1ccc(C(Cl)c2sccc2C)c(Br)c1. The molecule has 96 valence electrons.